The van der Waals surface area contributed by atoms with Gasteiger partial charge < -0.3 is 25.4 Å². The zero-order valence-corrected chi connectivity index (χ0v) is 18.3. The number of benzene rings is 1. The van der Waals surface area contributed by atoms with Gasteiger partial charge in [-0.25, -0.2) is 4.98 Å². The van der Waals surface area contributed by atoms with Gasteiger partial charge in [0.05, 0.1) is 36.7 Å². The Bertz CT molecular complexity index is 1170. The third kappa shape index (κ3) is 3.93. The Morgan fingerprint density at radius 2 is 1.97 bits per heavy atom. The smallest absolute Gasteiger partial charge is 0.416 e. The van der Waals surface area contributed by atoms with Crippen molar-refractivity contribution >= 4 is 23.3 Å². The van der Waals surface area contributed by atoms with Crippen molar-refractivity contribution in [2.45, 2.75) is 51.2 Å². The van der Waals surface area contributed by atoms with Crippen molar-refractivity contribution in [1.82, 2.24) is 9.88 Å². The SMILES string of the molecule is CC(C1CC1)N(C(=O)C(=O)Nc1cnc(N)c2c1COC2)C1COc2cc(C(F)(F)F)ccc21. The molecule has 0 saturated heterocycles. The lowest BCUT2D eigenvalue weighted by molar-refractivity contribution is -0.147. The van der Waals surface area contributed by atoms with E-state index in [4.69, 9.17) is 15.2 Å². The van der Waals surface area contributed by atoms with E-state index in [1.807, 2.05) is 6.92 Å². The molecule has 1 aromatic heterocycles. The van der Waals surface area contributed by atoms with Crippen molar-refractivity contribution in [1.29, 1.82) is 0 Å². The molecule has 3 heterocycles. The number of nitrogens with zero attached hydrogens (tertiary/aromatic N) is 2. The number of anilines is 2. The highest BCUT2D eigenvalue weighted by molar-refractivity contribution is 6.39. The van der Waals surface area contributed by atoms with Gasteiger partial charge in [-0.2, -0.15) is 13.2 Å². The molecule has 3 N–H and O–H groups in total. The van der Waals surface area contributed by atoms with Gasteiger partial charge in [0.2, 0.25) is 0 Å². The molecule has 1 saturated carbocycles. The van der Waals surface area contributed by atoms with Gasteiger partial charge in [0.15, 0.2) is 0 Å². The fourth-order valence-electron chi connectivity index (χ4n) is 4.60. The van der Waals surface area contributed by atoms with Crippen LogP contribution in [0.2, 0.25) is 0 Å². The van der Waals surface area contributed by atoms with Crippen LogP contribution in [0, 0.1) is 5.92 Å². The number of aromatic nitrogens is 1. The Kier molecular flexibility index (Phi) is 5.38. The van der Waals surface area contributed by atoms with Crippen LogP contribution in [0.3, 0.4) is 0 Å². The van der Waals surface area contributed by atoms with Gasteiger partial charge in [-0.1, -0.05) is 6.07 Å². The van der Waals surface area contributed by atoms with Gasteiger partial charge in [0.1, 0.15) is 18.2 Å². The number of carbonyl (C=O) groups is 2. The highest BCUT2D eigenvalue weighted by Gasteiger charge is 2.44. The van der Waals surface area contributed by atoms with Gasteiger partial charge in [-0.15, -0.1) is 0 Å². The van der Waals surface area contributed by atoms with Crippen molar-refractivity contribution < 1.29 is 32.2 Å². The summed E-state index contributed by atoms with van der Waals surface area (Å²) in [5.41, 5.74) is 7.17. The van der Waals surface area contributed by atoms with E-state index >= 15 is 0 Å². The molecular weight excluding hydrogens is 453 g/mol. The number of fused-ring (bicyclic) bond motifs is 2. The molecule has 2 aliphatic heterocycles. The van der Waals surface area contributed by atoms with E-state index in [1.54, 1.807) is 0 Å². The summed E-state index contributed by atoms with van der Waals surface area (Å²) >= 11 is 0. The van der Waals surface area contributed by atoms with Crippen LogP contribution in [0.25, 0.3) is 0 Å². The Hall–Kier alpha value is -3.34. The second-order valence-corrected chi connectivity index (χ2v) is 8.83. The maximum Gasteiger partial charge on any atom is 0.416 e. The molecule has 1 fully saturated rings. The van der Waals surface area contributed by atoms with Gasteiger partial charge in [-0.05, 0) is 37.8 Å². The average molecular weight is 476 g/mol. The molecule has 2 unspecified atom stereocenters. The number of rotatable bonds is 4. The number of carbonyl (C=O) groups excluding carboxylic acids is 2. The van der Waals surface area contributed by atoms with Crippen LogP contribution in [0.1, 0.15) is 48.1 Å². The first kappa shape index (κ1) is 22.5. The zero-order valence-electron chi connectivity index (χ0n) is 18.3. The monoisotopic (exact) mass is 476 g/mol. The molecular formula is C23H23F3N4O4. The molecule has 1 aliphatic carbocycles. The van der Waals surface area contributed by atoms with Gasteiger partial charge >= 0.3 is 18.0 Å². The highest BCUT2D eigenvalue weighted by Crippen LogP contribution is 2.44. The van der Waals surface area contributed by atoms with E-state index in [0.717, 1.165) is 25.0 Å². The molecule has 2 atom stereocenters. The molecule has 3 aliphatic rings. The number of nitrogens with two attached hydrogens (primary N) is 1. The summed E-state index contributed by atoms with van der Waals surface area (Å²) in [6, 6.07) is 2.25. The number of hydrogen-bond acceptors (Lipinski definition) is 6. The largest absolute Gasteiger partial charge is 0.491 e. The topological polar surface area (TPSA) is 107 Å². The molecule has 0 radical (unpaired) electrons. The number of amides is 2. The van der Waals surface area contributed by atoms with Crippen LogP contribution in [0.15, 0.2) is 24.4 Å². The first-order valence-electron chi connectivity index (χ1n) is 11.0. The Morgan fingerprint density at radius 3 is 2.68 bits per heavy atom. The minimum absolute atomic E-state index is 0.0284. The summed E-state index contributed by atoms with van der Waals surface area (Å²) in [6.45, 7) is 2.33. The molecule has 11 heteroatoms. The van der Waals surface area contributed by atoms with Crippen molar-refractivity contribution in [2.24, 2.45) is 5.92 Å². The number of nitrogen functional groups attached to an aromatic ring is 1. The molecule has 2 aromatic rings. The van der Waals surface area contributed by atoms with Crippen LogP contribution >= 0.6 is 0 Å². The number of halogens is 3. The van der Waals surface area contributed by atoms with E-state index in [9.17, 15) is 22.8 Å². The van der Waals surface area contributed by atoms with E-state index in [2.05, 4.69) is 10.3 Å². The highest BCUT2D eigenvalue weighted by atomic mass is 19.4. The predicted molar refractivity (Wildman–Crippen MR) is 114 cm³/mol. The third-order valence-electron chi connectivity index (χ3n) is 6.68. The van der Waals surface area contributed by atoms with Gasteiger partial charge in [0.25, 0.3) is 0 Å². The van der Waals surface area contributed by atoms with Crippen molar-refractivity contribution in [3.8, 4) is 5.75 Å². The summed E-state index contributed by atoms with van der Waals surface area (Å²) in [6.07, 6.45) is -1.31. The molecule has 0 spiro atoms. The first-order valence-corrected chi connectivity index (χ1v) is 11.0. The zero-order chi connectivity index (χ0) is 24.2. The second-order valence-electron chi connectivity index (χ2n) is 8.83. The molecule has 0 bridgehead atoms. The molecule has 8 nitrogen and oxygen atoms in total. The summed E-state index contributed by atoms with van der Waals surface area (Å²) in [5, 5.41) is 2.62. The normalized spacial score (nSPS) is 19.7. The minimum atomic E-state index is -4.51. The number of ether oxygens (including phenoxy) is 2. The van der Waals surface area contributed by atoms with Crippen LogP contribution in [-0.4, -0.2) is 34.3 Å². The van der Waals surface area contributed by atoms with Crippen LogP contribution in [0.5, 0.6) is 5.75 Å². The molecule has 180 valence electrons. The van der Waals surface area contributed by atoms with E-state index in [1.165, 1.54) is 17.2 Å². The maximum absolute atomic E-state index is 13.4. The average Bonchev–Trinajstić information content (AvgIpc) is 3.37. The third-order valence-corrected chi connectivity index (χ3v) is 6.68. The lowest BCUT2D eigenvalue weighted by Gasteiger charge is -2.33. The Balaban J connectivity index is 1.42. The minimum Gasteiger partial charge on any atom is -0.491 e. The van der Waals surface area contributed by atoms with Crippen molar-refractivity contribution in [2.75, 3.05) is 17.7 Å². The number of nitrogens with one attached hydrogen (secondary N) is 1. The number of alkyl halides is 3. The fraction of sp³-hybridized carbons (Fsp3) is 0.435. The van der Waals surface area contributed by atoms with Gasteiger partial charge in [0, 0.05) is 22.7 Å². The van der Waals surface area contributed by atoms with E-state index in [0.29, 0.717) is 28.2 Å². The van der Waals surface area contributed by atoms with Crippen LogP contribution in [0.4, 0.5) is 24.7 Å². The summed E-state index contributed by atoms with van der Waals surface area (Å²) in [4.78, 5) is 32.0. The van der Waals surface area contributed by atoms with Crippen molar-refractivity contribution in [3.63, 3.8) is 0 Å². The molecule has 5 rings (SSSR count). The number of pyridine rings is 1. The summed E-state index contributed by atoms with van der Waals surface area (Å²) in [7, 11) is 0. The Morgan fingerprint density at radius 1 is 1.24 bits per heavy atom. The van der Waals surface area contributed by atoms with Crippen LogP contribution < -0.4 is 15.8 Å². The maximum atomic E-state index is 13.4. The van der Waals surface area contributed by atoms with Crippen molar-refractivity contribution in [3.05, 3.63) is 46.6 Å². The summed E-state index contributed by atoms with van der Waals surface area (Å²) in [5.74, 6) is -1.07. The van der Waals surface area contributed by atoms with E-state index in [-0.39, 0.29) is 37.5 Å². The predicted octanol–water partition coefficient (Wildman–Crippen LogP) is 3.41. The number of hydrogen-bond donors (Lipinski definition) is 2. The summed E-state index contributed by atoms with van der Waals surface area (Å²) < 4.78 is 50.3. The molecule has 34 heavy (non-hydrogen) atoms. The molecule has 1 aromatic carbocycles. The van der Waals surface area contributed by atoms with Gasteiger partial charge in [-0.3, -0.25) is 9.59 Å². The van der Waals surface area contributed by atoms with Crippen LogP contribution in [-0.2, 0) is 33.7 Å². The first-order chi connectivity index (χ1) is 16.1. The Labute approximate surface area is 193 Å². The lowest BCUT2D eigenvalue weighted by Crippen LogP contribution is -2.48. The quantitative estimate of drug-likeness (QED) is 0.655. The lowest BCUT2D eigenvalue weighted by atomic mass is 10.0. The second kappa shape index (κ2) is 8.15. The van der Waals surface area contributed by atoms with E-state index < -0.39 is 29.6 Å². The fourth-order valence-corrected chi connectivity index (χ4v) is 4.60. The molecule has 2 amide bonds. The standard InChI is InChI=1S/C23H23F3N4O4/c1-11(12-2-3-12)30(18-10-34-19-6-13(23(24,25)26)4-5-14(18)19)22(32)21(31)29-17-7-28-20(27)16-9-33-8-15(16)17/h4-7,11-12,18H,2-3,8-10H2,1H3,(H2,27,28)(H,29,31).